The molecule has 1 N–H and O–H groups in total. The molecule has 3 aromatic heterocycles. The monoisotopic (exact) mass is 456 g/mol. The summed E-state index contributed by atoms with van der Waals surface area (Å²) in [5, 5.41) is 5.38. The van der Waals surface area contributed by atoms with E-state index in [1.807, 2.05) is 12.1 Å². The van der Waals surface area contributed by atoms with E-state index < -0.39 is 0 Å². The molecule has 0 bridgehead atoms. The molecule has 8 nitrogen and oxygen atoms in total. The lowest BCUT2D eigenvalue weighted by atomic mass is 9.97. The SMILES string of the molecule is COc1ccc(-c2noc(CSc3nc4sc5c(c4c(=O)[nH]3)CCCC5)n2)c(OC)c1. The number of nitrogens with one attached hydrogen (secondary N) is 1. The van der Waals surface area contributed by atoms with Crippen LogP contribution in [0.15, 0.2) is 32.7 Å². The van der Waals surface area contributed by atoms with Crippen molar-refractivity contribution in [1.29, 1.82) is 0 Å². The van der Waals surface area contributed by atoms with Crippen molar-refractivity contribution in [1.82, 2.24) is 20.1 Å². The van der Waals surface area contributed by atoms with Crippen molar-refractivity contribution in [2.75, 3.05) is 14.2 Å². The summed E-state index contributed by atoms with van der Waals surface area (Å²) in [4.78, 5) is 26.8. The number of nitrogens with zero attached hydrogens (tertiary/aromatic N) is 3. The predicted molar refractivity (Wildman–Crippen MR) is 119 cm³/mol. The van der Waals surface area contributed by atoms with Crippen LogP contribution in [0.4, 0.5) is 0 Å². The van der Waals surface area contributed by atoms with Gasteiger partial charge in [0, 0.05) is 10.9 Å². The van der Waals surface area contributed by atoms with Gasteiger partial charge >= 0.3 is 0 Å². The van der Waals surface area contributed by atoms with E-state index in [9.17, 15) is 4.79 Å². The molecule has 4 aromatic rings. The van der Waals surface area contributed by atoms with Gasteiger partial charge < -0.3 is 19.0 Å². The summed E-state index contributed by atoms with van der Waals surface area (Å²) >= 11 is 3.00. The van der Waals surface area contributed by atoms with Crippen LogP contribution in [0.2, 0.25) is 0 Å². The number of methoxy groups -OCH3 is 2. The van der Waals surface area contributed by atoms with E-state index in [4.69, 9.17) is 14.0 Å². The van der Waals surface area contributed by atoms with Gasteiger partial charge in [-0.15, -0.1) is 11.3 Å². The lowest BCUT2D eigenvalue weighted by Crippen LogP contribution is -2.10. The fourth-order valence-electron chi connectivity index (χ4n) is 3.75. The molecule has 5 rings (SSSR count). The Morgan fingerprint density at radius 3 is 2.90 bits per heavy atom. The molecule has 0 aliphatic heterocycles. The predicted octanol–water partition coefficient (Wildman–Crippen LogP) is 4.22. The molecular weight excluding hydrogens is 436 g/mol. The highest BCUT2D eigenvalue weighted by molar-refractivity contribution is 7.98. The fraction of sp³-hybridized carbons (Fsp3) is 0.333. The van der Waals surface area contributed by atoms with E-state index in [0.717, 1.165) is 29.5 Å². The van der Waals surface area contributed by atoms with Crippen LogP contribution in [0.3, 0.4) is 0 Å². The maximum atomic E-state index is 12.7. The number of rotatable bonds is 6. The number of benzene rings is 1. The first-order chi connectivity index (χ1) is 15.2. The molecule has 0 atom stereocenters. The molecule has 1 aromatic carbocycles. The lowest BCUT2D eigenvalue weighted by Gasteiger charge is -2.09. The number of hydrogen-bond acceptors (Lipinski definition) is 9. The molecular formula is C21H20N4O4S2. The standard InChI is InChI=1S/C21H20N4O4S2/c1-27-11-7-8-12(14(9-11)28-2)18-22-16(29-25-18)10-30-21-23-19(26)17-13-5-3-4-6-15(13)31-20(17)24-21/h7-9H,3-6,10H2,1-2H3,(H,23,24,26). The van der Waals surface area contributed by atoms with Crippen molar-refractivity contribution in [2.24, 2.45) is 0 Å². The summed E-state index contributed by atoms with van der Waals surface area (Å²) in [5.41, 5.74) is 1.83. The van der Waals surface area contributed by atoms with Gasteiger partial charge in [-0.1, -0.05) is 16.9 Å². The molecule has 31 heavy (non-hydrogen) atoms. The Labute approximate surface area is 186 Å². The highest BCUT2D eigenvalue weighted by Gasteiger charge is 2.20. The molecule has 0 saturated heterocycles. The highest BCUT2D eigenvalue weighted by Crippen LogP contribution is 2.35. The smallest absolute Gasteiger partial charge is 0.260 e. The molecule has 0 amide bonds. The van der Waals surface area contributed by atoms with Crippen LogP contribution in [0.5, 0.6) is 11.5 Å². The third kappa shape index (κ3) is 3.81. The number of thioether (sulfide) groups is 1. The van der Waals surface area contributed by atoms with Crippen LogP contribution in [0.1, 0.15) is 29.2 Å². The molecule has 1 aliphatic carbocycles. The van der Waals surface area contributed by atoms with Crippen LogP contribution in [0.25, 0.3) is 21.6 Å². The second-order valence-corrected chi connectivity index (χ2v) is 9.18. The second-order valence-electron chi connectivity index (χ2n) is 7.13. The Morgan fingerprint density at radius 1 is 1.19 bits per heavy atom. The number of thiophene rings is 1. The van der Waals surface area contributed by atoms with Crippen molar-refractivity contribution in [2.45, 2.75) is 36.6 Å². The zero-order valence-electron chi connectivity index (χ0n) is 17.1. The first-order valence-electron chi connectivity index (χ1n) is 9.88. The first-order valence-corrected chi connectivity index (χ1v) is 11.7. The Balaban J connectivity index is 1.36. The van der Waals surface area contributed by atoms with Gasteiger partial charge in [0.25, 0.3) is 5.56 Å². The Bertz CT molecular complexity index is 1310. The summed E-state index contributed by atoms with van der Waals surface area (Å²) in [6.07, 6.45) is 4.31. The third-order valence-electron chi connectivity index (χ3n) is 5.25. The number of aromatic nitrogens is 4. The number of aryl methyl sites for hydroxylation is 2. The Kier molecular flexibility index (Phi) is 5.41. The van der Waals surface area contributed by atoms with Crippen LogP contribution in [-0.2, 0) is 18.6 Å². The van der Waals surface area contributed by atoms with E-state index in [1.54, 1.807) is 31.6 Å². The molecule has 0 unspecified atom stereocenters. The van der Waals surface area contributed by atoms with Crippen molar-refractivity contribution in [3.05, 3.63) is 44.9 Å². The van der Waals surface area contributed by atoms with Crippen LogP contribution < -0.4 is 15.0 Å². The van der Waals surface area contributed by atoms with Gasteiger partial charge in [0.15, 0.2) is 5.16 Å². The summed E-state index contributed by atoms with van der Waals surface area (Å²) in [5.74, 6) is 2.53. The van der Waals surface area contributed by atoms with Crippen LogP contribution in [0, 0.1) is 0 Å². The fourth-order valence-corrected chi connectivity index (χ4v) is 5.77. The minimum absolute atomic E-state index is 0.0684. The van der Waals surface area contributed by atoms with E-state index in [1.165, 1.54) is 28.6 Å². The van der Waals surface area contributed by atoms with Gasteiger partial charge in [-0.05, 0) is 43.4 Å². The lowest BCUT2D eigenvalue weighted by molar-refractivity contribution is 0.388. The maximum absolute atomic E-state index is 12.7. The van der Waals surface area contributed by atoms with Crippen LogP contribution >= 0.6 is 23.1 Å². The molecule has 10 heteroatoms. The maximum Gasteiger partial charge on any atom is 0.260 e. The van der Waals surface area contributed by atoms with E-state index in [-0.39, 0.29) is 5.56 Å². The van der Waals surface area contributed by atoms with Crippen molar-refractivity contribution in [3.8, 4) is 22.9 Å². The van der Waals surface area contributed by atoms with Crippen molar-refractivity contribution >= 4 is 33.3 Å². The molecule has 0 radical (unpaired) electrons. The van der Waals surface area contributed by atoms with E-state index in [0.29, 0.717) is 39.7 Å². The minimum atomic E-state index is -0.0684. The van der Waals surface area contributed by atoms with Crippen molar-refractivity contribution in [3.63, 3.8) is 0 Å². The largest absolute Gasteiger partial charge is 0.497 e. The quantitative estimate of drug-likeness (QED) is 0.340. The summed E-state index contributed by atoms with van der Waals surface area (Å²) in [6.45, 7) is 0. The molecule has 3 heterocycles. The first kappa shape index (κ1) is 20.1. The van der Waals surface area contributed by atoms with Gasteiger partial charge in [0.05, 0.1) is 30.9 Å². The normalized spacial score (nSPS) is 13.4. The molecule has 0 fully saturated rings. The number of H-pyrrole nitrogens is 1. The highest BCUT2D eigenvalue weighted by atomic mass is 32.2. The Hall–Kier alpha value is -2.85. The average molecular weight is 457 g/mol. The van der Waals surface area contributed by atoms with Gasteiger partial charge in [-0.25, -0.2) is 4.98 Å². The van der Waals surface area contributed by atoms with Gasteiger partial charge in [-0.3, -0.25) is 4.79 Å². The van der Waals surface area contributed by atoms with Crippen LogP contribution in [-0.4, -0.2) is 34.3 Å². The second kappa shape index (κ2) is 8.35. The van der Waals surface area contributed by atoms with E-state index >= 15 is 0 Å². The van der Waals surface area contributed by atoms with Gasteiger partial charge in [0.1, 0.15) is 16.3 Å². The average Bonchev–Trinajstić information content (AvgIpc) is 3.41. The summed E-state index contributed by atoms with van der Waals surface area (Å²) in [7, 11) is 3.18. The summed E-state index contributed by atoms with van der Waals surface area (Å²) in [6, 6.07) is 5.41. The topological polar surface area (TPSA) is 103 Å². The van der Waals surface area contributed by atoms with Gasteiger partial charge in [-0.2, -0.15) is 4.98 Å². The molecule has 0 saturated carbocycles. The molecule has 160 valence electrons. The van der Waals surface area contributed by atoms with E-state index in [2.05, 4.69) is 20.1 Å². The third-order valence-corrected chi connectivity index (χ3v) is 7.30. The van der Waals surface area contributed by atoms with Crippen molar-refractivity contribution < 1.29 is 14.0 Å². The Morgan fingerprint density at radius 2 is 2.06 bits per heavy atom. The van der Waals surface area contributed by atoms with Gasteiger partial charge in [0.2, 0.25) is 11.7 Å². The number of ether oxygens (including phenoxy) is 2. The molecule has 0 spiro atoms. The zero-order valence-corrected chi connectivity index (χ0v) is 18.7. The molecule has 1 aliphatic rings. The summed E-state index contributed by atoms with van der Waals surface area (Å²) < 4.78 is 16.0. The minimum Gasteiger partial charge on any atom is -0.497 e. The number of hydrogen-bond donors (Lipinski definition) is 1. The number of aromatic amines is 1. The zero-order chi connectivity index (χ0) is 21.4. The number of fused-ring (bicyclic) bond motifs is 3.